The van der Waals surface area contributed by atoms with Crippen molar-refractivity contribution in [1.82, 2.24) is 5.16 Å². The Kier molecular flexibility index (Phi) is 2.83. The molecule has 1 aliphatic heterocycles. The smallest absolute Gasteiger partial charge is 0.278 e. The van der Waals surface area contributed by atoms with Gasteiger partial charge in [0.2, 0.25) is 0 Å². The highest BCUT2D eigenvalue weighted by atomic mass is 16.6. The first kappa shape index (κ1) is 11.6. The van der Waals surface area contributed by atoms with Crippen molar-refractivity contribution >= 4 is 11.6 Å². The second-order valence-electron chi connectivity index (χ2n) is 4.16. The van der Waals surface area contributed by atoms with E-state index < -0.39 is 0 Å². The summed E-state index contributed by atoms with van der Waals surface area (Å²) < 4.78 is 15.6. The van der Waals surface area contributed by atoms with E-state index in [1.54, 1.807) is 25.1 Å². The number of ether oxygens (including phenoxy) is 2. The molecule has 1 aliphatic rings. The molecule has 0 radical (unpaired) electrons. The van der Waals surface area contributed by atoms with Crippen molar-refractivity contribution in [2.24, 2.45) is 0 Å². The highest BCUT2D eigenvalue weighted by molar-refractivity contribution is 6.03. The third kappa shape index (κ3) is 2.24. The van der Waals surface area contributed by atoms with Crippen LogP contribution in [0.3, 0.4) is 0 Å². The fourth-order valence-electron chi connectivity index (χ4n) is 1.82. The lowest BCUT2D eigenvalue weighted by Crippen LogP contribution is -2.17. The molecular formula is C13H12N2O4. The lowest BCUT2D eigenvalue weighted by Gasteiger charge is -2.18. The number of fused-ring (bicyclic) bond motifs is 1. The number of carbonyl (C=O) groups is 1. The van der Waals surface area contributed by atoms with Crippen LogP contribution < -0.4 is 14.8 Å². The Labute approximate surface area is 109 Å². The normalized spacial score (nSPS) is 13.1. The number of aryl methyl sites for hydroxylation is 1. The number of rotatable bonds is 2. The summed E-state index contributed by atoms with van der Waals surface area (Å²) >= 11 is 0. The maximum absolute atomic E-state index is 12.0. The minimum absolute atomic E-state index is 0.273. The van der Waals surface area contributed by atoms with E-state index in [0.29, 0.717) is 36.0 Å². The van der Waals surface area contributed by atoms with Crippen molar-refractivity contribution in [2.75, 3.05) is 18.5 Å². The highest BCUT2D eigenvalue weighted by Gasteiger charge is 2.16. The molecule has 0 saturated carbocycles. The molecule has 0 bridgehead atoms. The van der Waals surface area contributed by atoms with Crippen LogP contribution in [0.2, 0.25) is 0 Å². The van der Waals surface area contributed by atoms with E-state index in [1.165, 1.54) is 6.26 Å². The number of nitrogens with zero attached hydrogens (tertiary/aromatic N) is 1. The lowest BCUT2D eigenvalue weighted by molar-refractivity contribution is 0.101. The molecule has 6 nitrogen and oxygen atoms in total. The van der Waals surface area contributed by atoms with Crippen molar-refractivity contribution < 1.29 is 18.8 Å². The molecule has 98 valence electrons. The molecule has 0 spiro atoms. The van der Waals surface area contributed by atoms with Crippen LogP contribution in [0.4, 0.5) is 5.69 Å². The Balaban J connectivity index is 1.80. The summed E-state index contributed by atoms with van der Waals surface area (Å²) in [7, 11) is 0. The van der Waals surface area contributed by atoms with Crippen LogP contribution in [0.15, 0.2) is 29.0 Å². The average Bonchev–Trinajstić information content (AvgIpc) is 2.85. The molecule has 0 fully saturated rings. The molecule has 0 atom stereocenters. The van der Waals surface area contributed by atoms with Crippen molar-refractivity contribution in [1.29, 1.82) is 0 Å². The van der Waals surface area contributed by atoms with Crippen molar-refractivity contribution in [2.45, 2.75) is 6.92 Å². The van der Waals surface area contributed by atoms with Gasteiger partial charge in [-0.1, -0.05) is 5.16 Å². The molecule has 3 rings (SSSR count). The number of carbonyl (C=O) groups excluding carboxylic acids is 1. The predicted molar refractivity (Wildman–Crippen MR) is 66.6 cm³/mol. The fraction of sp³-hybridized carbons (Fsp3) is 0.231. The van der Waals surface area contributed by atoms with Gasteiger partial charge in [-0.3, -0.25) is 4.79 Å². The standard InChI is InChI=1S/C13H12N2O4/c1-8-7-19-15-12(8)13(16)14-9-2-3-10-11(6-9)18-5-4-17-10/h2-3,6-7H,4-5H2,1H3,(H,14,16). The summed E-state index contributed by atoms with van der Waals surface area (Å²) in [6.45, 7) is 2.80. The van der Waals surface area contributed by atoms with Crippen LogP contribution in [-0.2, 0) is 0 Å². The van der Waals surface area contributed by atoms with Crippen molar-refractivity contribution in [3.05, 3.63) is 35.7 Å². The van der Waals surface area contributed by atoms with Crippen LogP contribution in [0.1, 0.15) is 16.1 Å². The third-order valence-electron chi connectivity index (χ3n) is 2.76. The predicted octanol–water partition coefficient (Wildman–Crippen LogP) is 2.01. The van der Waals surface area contributed by atoms with Crippen molar-refractivity contribution in [3.63, 3.8) is 0 Å². The second kappa shape index (κ2) is 4.64. The van der Waals surface area contributed by atoms with Gasteiger partial charge < -0.3 is 19.3 Å². The molecular weight excluding hydrogens is 248 g/mol. The van der Waals surface area contributed by atoms with Crippen LogP contribution in [-0.4, -0.2) is 24.3 Å². The van der Waals surface area contributed by atoms with Gasteiger partial charge in [0.25, 0.3) is 5.91 Å². The molecule has 1 aromatic carbocycles. The minimum Gasteiger partial charge on any atom is -0.486 e. The Morgan fingerprint density at radius 3 is 2.79 bits per heavy atom. The maximum Gasteiger partial charge on any atom is 0.278 e. The molecule has 2 aromatic rings. The van der Waals surface area contributed by atoms with E-state index >= 15 is 0 Å². The summed E-state index contributed by atoms with van der Waals surface area (Å²) in [5.41, 5.74) is 1.58. The van der Waals surface area contributed by atoms with E-state index in [9.17, 15) is 4.79 Å². The quantitative estimate of drug-likeness (QED) is 0.894. The van der Waals surface area contributed by atoms with E-state index in [-0.39, 0.29) is 11.6 Å². The number of amides is 1. The van der Waals surface area contributed by atoms with Crippen LogP contribution in [0, 0.1) is 6.92 Å². The summed E-state index contributed by atoms with van der Waals surface area (Å²) in [5.74, 6) is 0.991. The second-order valence-corrected chi connectivity index (χ2v) is 4.16. The molecule has 19 heavy (non-hydrogen) atoms. The van der Waals surface area contributed by atoms with Gasteiger partial charge in [0.1, 0.15) is 19.5 Å². The van der Waals surface area contributed by atoms with Gasteiger partial charge in [0.05, 0.1) is 0 Å². The first-order valence-corrected chi connectivity index (χ1v) is 5.86. The van der Waals surface area contributed by atoms with Gasteiger partial charge in [-0.05, 0) is 19.1 Å². The summed E-state index contributed by atoms with van der Waals surface area (Å²) in [6, 6.07) is 5.24. The van der Waals surface area contributed by atoms with Gasteiger partial charge in [0, 0.05) is 17.3 Å². The molecule has 6 heteroatoms. The van der Waals surface area contributed by atoms with Crippen molar-refractivity contribution in [3.8, 4) is 11.5 Å². The number of benzene rings is 1. The molecule has 2 heterocycles. The minimum atomic E-state index is -0.317. The Morgan fingerprint density at radius 2 is 2.05 bits per heavy atom. The van der Waals surface area contributed by atoms with Crippen LogP contribution in [0.5, 0.6) is 11.5 Å². The highest BCUT2D eigenvalue weighted by Crippen LogP contribution is 2.32. The van der Waals surface area contributed by atoms with E-state index in [2.05, 4.69) is 10.5 Å². The van der Waals surface area contributed by atoms with Gasteiger partial charge in [-0.25, -0.2) is 0 Å². The number of hydrogen-bond donors (Lipinski definition) is 1. The topological polar surface area (TPSA) is 73.6 Å². The van der Waals surface area contributed by atoms with Gasteiger partial charge in [-0.15, -0.1) is 0 Å². The summed E-state index contributed by atoms with van der Waals surface area (Å²) in [4.78, 5) is 12.0. The zero-order valence-corrected chi connectivity index (χ0v) is 10.3. The number of aromatic nitrogens is 1. The van der Waals surface area contributed by atoms with Gasteiger partial charge in [-0.2, -0.15) is 0 Å². The third-order valence-corrected chi connectivity index (χ3v) is 2.76. The molecule has 1 aromatic heterocycles. The molecule has 0 saturated heterocycles. The zero-order chi connectivity index (χ0) is 13.2. The molecule has 1 amide bonds. The Morgan fingerprint density at radius 1 is 1.26 bits per heavy atom. The zero-order valence-electron chi connectivity index (χ0n) is 10.3. The first-order chi connectivity index (χ1) is 9.24. The van der Waals surface area contributed by atoms with E-state index in [0.717, 1.165) is 0 Å². The first-order valence-electron chi connectivity index (χ1n) is 5.86. The monoisotopic (exact) mass is 260 g/mol. The van der Waals surface area contributed by atoms with Gasteiger partial charge >= 0.3 is 0 Å². The number of nitrogens with one attached hydrogen (secondary N) is 1. The van der Waals surface area contributed by atoms with E-state index in [4.69, 9.17) is 14.0 Å². The van der Waals surface area contributed by atoms with Gasteiger partial charge in [0.15, 0.2) is 17.2 Å². The van der Waals surface area contributed by atoms with E-state index in [1.807, 2.05) is 0 Å². The SMILES string of the molecule is Cc1conc1C(=O)Nc1ccc2c(c1)OCCO2. The fourth-order valence-corrected chi connectivity index (χ4v) is 1.82. The largest absolute Gasteiger partial charge is 0.486 e. The summed E-state index contributed by atoms with van der Waals surface area (Å²) in [6.07, 6.45) is 1.43. The maximum atomic E-state index is 12.0. The molecule has 1 N–H and O–H groups in total. The van der Waals surface area contributed by atoms with Crippen LogP contribution >= 0.6 is 0 Å². The average molecular weight is 260 g/mol. The number of anilines is 1. The lowest BCUT2D eigenvalue weighted by atomic mass is 10.2. The Hall–Kier alpha value is -2.50. The molecule has 0 aliphatic carbocycles. The summed E-state index contributed by atoms with van der Waals surface area (Å²) in [5, 5.41) is 6.39. The molecule has 0 unspecified atom stereocenters. The Bertz CT molecular complexity index is 621. The van der Waals surface area contributed by atoms with Crippen LogP contribution in [0.25, 0.3) is 0 Å². The number of hydrogen-bond acceptors (Lipinski definition) is 5.